The molecule has 2 rings (SSSR count). The molecule has 0 saturated heterocycles. The molecule has 0 aliphatic heterocycles. The molecular weight excluding hydrogens is 232 g/mol. The van der Waals surface area contributed by atoms with Gasteiger partial charge in [0.1, 0.15) is 0 Å². The number of fused-ring (bicyclic) bond motifs is 1. The molecule has 1 aromatic rings. The second kappa shape index (κ2) is 5.65. The maximum Gasteiger partial charge on any atom is 0.263 e. The summed E-state index contributed by atoms with van der Waals surface area (Å²) in [5.74, 6) is 0.166. The number of carbonyl (C=O) groups is 1. The lowest BCUT2D eigenvalue weighted by Gasteiger charge is -2.15. The number of amides is 1. The molecule has 0 atom stereocenters. The van der Waals surface area contributed by atoms with Crippen LogP contribution in [0.25, 0.3) is 0 Å². The number of rotatable bonds is 4. The van der Waals surface area contributed by atoms with Crippen LogP contribution in [0.2, 0.25) is 0 Å². The molecule has 1 aliphatic rings. The van der Waals surface area contributed by atoms with E-state index in [9.17, 15) is 4.79 Å². The summed E-state index contributed by atoms with van der Waals surface area (Å²) in [6, 6.07) is 2.11. The second-order valence-electron chi connectivity index (χ2n) is 4.60. The molecule has 0 aromatic carbocycles. The molecule has 3 nitrogen and oxygen atoms in total. The van der Waals surface area contributed by atoms with E-state index in [4.69, 9.17) is 0 Å². The highest BCUT2D eigenvalue weighted by Gasteiger charge is 2.19. The summed E-state index contributed by atoms with van der Waals surface area (Å²) in [5, 5.41) is 3.06. The molecule has 0 radical (unpaired) electrons. The lowest BCUT2D eigenvalue weighted by molar-refractivity contribution is 0.0801. The first-order valence-electron chi connectivity index (χ1n) is 6.24. The van der Waals surface area contributed by atoms with Crippen molar-refractivity contribution in [2.24, 2.45) is 0 Å². The lowest BCUT2D eigenvalue weighted by atomic mass is 9.99. The van der Waals surface area contributed by atoms with Crippen LogP contribution in [0.1, 0.15) is 33.0 Å². The van der Waals surface area contributed by atoms with E-state index in [0.29, 0.717) is 0 Å². The Morgan fingerprint density at radius 3 is 2.94 bits per heavy atom. The minimum atomic E-state index is 0.166. The zero-order valence-corrected chi connectivity index (χ0v) is 11.4. The van der Waals surface area contributed by atoms with Crippen LogP contribution in [0.15, 0.2) is 6.07 Å². The molecule has 1 N–H and O–H groups in total. The van der Waals surface area contributed by atoms with Gasteiger partial charge in [-0.05, 0) is 44.4 Å². The van der Waals surface area contributed by atoms with Gasteiger partial charge in [-0.2, -0.15) is 0 Å². The minimum absolute atomic E-state index is 0.166. The van der Waals surface area contributed by atoms with Crippen molar-refractivity contribution in [3.63, 3.8) is 0 Å². The van der Waals surface area contributed by atoms with E-state index in [2.05, 4.69) is 11.4 Å². The van der Waals surface area contributed by atoms with Crippen molar-refractivity contribution >= 4 is 17.2 Å². The van der Waals surface area contributed by atoms with Crippen LogP contribution in [-0.4, -0.2) is 38.0 Å². The summed E-state index contributed by atoms with van der Waals surface area (Å²) in [6.45, 7) is 1.60. The maximum absolute atomic E-state index is 12.2. The Kier molecular flexibility index (Phi) is 4.18. The molecule has 1 aliphatic carbocycles. The first kappa shape index (κ1) is 12.6. The van der Waals surface area contributed by atoms with Crippen molar-refractivity contribution in [3.05, 3.63) is 21.4 Å². The second-order valence-corrected chi connectivity index (χ2v) is 5.73. The van der Waals surface area contributed by atoms with Crippen LogP contribution in [-0.2, 0) is 12.8 Å². The monoisotopic (exact) mass is 252 g/mol. The summed E-state index contributed by atoms with van der Waals surface area (Å²) in [6.07, 6.45) is 4.86. The molecular formula is C13H20N2OS. The van der Waals surface area contributed by atoms with Crippen LogP contribution in [0.5, 0.6) is 0 Å². The van der Waals surface area contributed by atoms with Gasteiger partial charge in [-0.3, -0.25) is 4.79 Å². The Hall–Kier alpha value is -0.870. The highest BCUT2D eigenvalue weighted by atomic mass is 32.1. The SMILES string of the molecule is CNCCN(C)C(=O)c1cc2c(s1)CCCC2. The summed E-state index contributed by atoms with van der Waals surface area (Å²) >= 11 is 1.69. The molecule has 94 valence electrons. The van der Waals surface area contributed by atoms with Crippen molar-refractivity contribution in [2.75, 3.05) is 27.2 Å². The van der Waals surface area contributed by atoms with Crippen LogP contribution in [0, 0.1) is 0 Å². The van der Waals surface area contributed by atoms with Crippen LogP contribution >= 0.6 is 11.3 Å². The van der Waals surface area contributed by atoms with E-state index in [1.165, 1.54) is 23.3 Å². The predicted molar refractivity (Wildman–Crippen MR) is 71.8 cm³/mol. The Morgan fingerprint density at radius 1 is 1.47 bits per heavy atom. The highest BCUT2D eigenvalue weighted by Crippen LogP contribution is 2.30. The van der Waals surface area contributed by atoms with Gasteiger partial charge in [0.05, 0.1) is 4.88 Å². The number of hydrogen-bond acceptors (Lipinski definition) is 3. The fraction of sp³-hybridized carbons (Fsp3) is 0.615. The zero-order chi connectivity index (χ0) is 12.3. The molecule has 1 aromatic heterocycles. The van der Waals surface area contributed by atoms with Crippen molar-refractivity contribution in [3.8, 4) is 0 Å². The Labute approximate surface area is 107 Å². The van der Waals surface area contributed by atoms with E-state index < -0.39 is 0 Å². The molecule has 0 spiro atoms. The molecule has 0 unspecified atom stereocenters. The van der Waals surface area contributed by atoms with Crippen molar-refractivity contribution in [2.45, 2.75) is 25.7 Å². The highest BCUT2D eigenvalue weighted by molar-refractivity contribution is 7.14. The molecule has 0 bridgehead atoms. The number of nitrogens with one attached hydrogen (secondary N) is 1. The Bertz CT molecular complexity index is 377. The maximum atomic E-state index is 12.2. The van der Waals surface area contributed by atoms with Crippen LogP contribution in [0.4, 0.5) is 0 Å². The average Bonchev–Trinajstić information content (AvgIpc) is 2.78. The lowest BCUT2D eigenvalue weighted by Crippen LogP contribution is -2.32. The summed E-state index contributed by atoms with van der Waals surface area (Å²) in [7, 11) is 3.78. The van der Waals surface area contributed by atoms with E-state index in [1.54, 1.807) is 16.2 Å². The van der Waals surface area contributed by atoms with Gasteiger partial charge in [0, 0.05) is 25.0 Å². The number of hydrogen-bond donors (Lipinski definition) is 1. The molecule has 1 amide bonds. The molecule has 0 fully saturated rings. The smallest absolute Gasteiger partial charge is 0.263 e. The number of thiophene rings is 1. The number of likely N-dealkylation sites (N-methyl/N-ethyl adjacent to an activating group) is 2. The molecule has 4 heteroatoms. The van der Waals surface area contributed by atoms with Gasteiger partial charge in [-0.15, -0.1) is 11.3 Å². The van der Waals surface area contributed by atoms with Gasteiger partial charge in [0.2, 0.25) is 0 Å². The Balaban J connectivity index is 2.06. The van der Waals surface area contributed by atoms with Gasteiger partial charge in [0.15, 0.2) is 0 Å². The predicted octanol–water partition coefficient (Wildman–Crippen LogP) is 1.92. The third-order valence-electron chi connectivity index (χ3n) is 3.25. The van der Waals surface area contributed by atoms with Gasteiger partial charge >= 0.3 is 0 Å². The Morgan fingerprint density at radius 2 is 2.24 bits per heavy atom. The van der Waals surface area contributed by atoms with Crippen molar-refractivity contribution < 1.29 is 4.79 Å². The molecule has 0 saturated carbocycles. The summed E-state index contributed by atoms with van der Waals surface area (Å²) in [4.78, 5) is 16.3. The van der Waals surface area contributed by atoms with E-state index >= 15 is 0 Å². The molecule has 1 heterocycles. The fourth-order valence-corrected chi connectivity index (χ4v) is 3.41. The summed E-state index contributed by atoms with van der Waals surface area (Å²) < 4.78 is 0. The topological polar surface area (TPSA) is 32.3 Å². The van der Waals surface area contributed by atoms with E-state index in [-0.39, 0.29) is 5.91 Å². The van der Waals surface area contributed by atoms with Crippen molar-refractivity contribution in [1.82, 2.24) is 10.2 Å². The fourth-order valence-electron chi connectivity index (χ4n) is 2.17. The van der Waals surface area contributed by atoms with Crippen LogP contribution < -0.4 is 5.32 Å². The van der Waals surface area contributed by atoms with Gasteiger partial charge < -0.3 is 10.2 Å². The number of aryl methyl sites for hydroxylation is 2. The summed E-state index contributed by atoms with van der Waals surface area (Å²) in [5.41, 5.74) is 1.41. The molecule has 17 heavy (non-hydrogen) atoms. The first-order valence-corrected chi connectivity index (χ1v) is 7.05. The zero-order valence-electron chi connectivity index (χ0n) is 10.6. The van der Waals surface area contributed by atoms with Crippen molar-refractivity contribution in [1.29, 1.82) is 0 Å². The van der Waals surface area contributed by atoms with Gasteiger partial charge in [-0.25, -0.2) is 0 Å². The van der Waals surface area contributed by atoms with E-state index in [0.717, 1.165) is 30.8 Å². The van der Waals surface area contributed by atoms with Crippen LogP contribution in [0.3, 0.4) is 0 Å². The first-order chi connectivity index (χ1) is 8.22. The van der Waals surface area contributed by atoms with Gasteiger partial charge in [-0.1, -0.05) is 0 Å². The van der Waals surface area contributed by atoms with Gasteiger partial charge in [0.25, 0.3) is 5.91 Å². The minimum Gasteiger partial charge on any atom is -0.340 e. The third kappa shape index (κ3) is 2.87. The third-order valence-corrected chi connectivity index (χ3v) is 4.48. The average molecular weight is 252 g/mol. The quantitative estimate of drug-likeness (QED) is 0.888. The standard InChI is InChI=1S/C13H20N2OS/c1-14-7-8-15(2)13(16)12-9-10-5-3-4-6-11(10)17-12/h9,14H,3-8H2,1-2H3. The number of carbonyl (C=O) groups excluding carboxylic acids is 1. The largest absolute Gasteiger partial charge is 0.340 e. The van der Waals surface area contributed by atoms with E-state index in [1.807, 2.05) is 14.1 Å². The number of nitrogens with zero attached hydrogens (tertiary/aromatic N) is 1. The normalized spacial score (nSPS) is 14.5.